The van der Waals surface area contributed by atoms with E-state index in [4.69, 9.17) is 14.2 Å². The number of para-hydroxylation sites is 2. The van der Waals surface area contributed by atoms with Crippen LogP contribution in [0.1, 0.15) is 42.7 Å². The molecule has 0 radical (unpaired) electrons. The van der Waals surface area contributed by atoms with Crippen molar-refractivity contribution in [1.29, 1.82) is 0 Å². The molecular weight excluding hydrogens is 466 g/mol. The van der Waals surface area contributed by atoms with Crippen molar-refractivity contribution in [2.75, 3.05) is 46.5 Å². The van der Waals surface area contributed by atoms with Crippen LogP contribution in [0.2, 0.25) is 0 Å². The number of benzene rings is 1. The minimum Gasteiger partial charge on any atom is -0.493 e. The molecule has 0 spiro atoms. The number of hydrogen-bond acceptors (Lipinski definition) is 6. The zero-order valence-electron chi connectivity index (χ0n) is 20.5. The van der Waals surface area contributed by atoms with Crippen LogP contribution in [0.3, 0.4) is 0 Å². The summed E-state index contributed by atoms with van der Waals surface area (Å²) in [6, 6.07) is 9.14. The lowest BCUT2D eigenvalue weighted by Gasteiger charge is -2.37. The molecule has 35 heavy (non-hydrogen) atoms. The molecule has 2 aliphatic heterocycles. The van der Waals surface area contributed by atoms with Gasteiger partial charge in [-0.3, -0.25) is 4.79 Å². The van der Waals surface area contributed by atoms with E-state index < -0.39 is 0 Å². The van der Waals surface area contributed by atoms with Gasteiger partial charge < -0.3 is 29.3 Å². The van der Waals surface area contributed by atoms with Crippen LogP contribution in [-0.2, 0) is 16.0 Å². The molecule has 3 heterocycles. The summed E-state index contributed by atoms with van der Waals surface area (Å²) >= 11 is 1.71. The fraction of sp³-hybridized carbons (Fsp3) is 0.538. The second-order valence-electron chi connectivity index (χ2n) is 8.86. The number of nitrogens with one attached hydrogen (secondary N) is 1. The van der Waals surface area contributed by atoms with Crippen LogP contribution in [0.25, 0.3) is 0 Å². The molecule has 9 heteroatoms. The Kier molecular flexibility index (Phi) is 8.87. The highest BCUT2D eigenvalue weighted by atomic mass is 32.1. The van der Waals surface area contributed by atoms with Crippen molar-refractivity contribution in [3.63, 3.8) is 0 Å². The smallest absolute Gasteiger partial charge is 0.317 e. The molecule has 3 amide bonds. The number of carbonyl (C=O) groups excluding carboxylic acids is 2. The molecule has 1 aromatic heterocycles. The summed E-state index contributed by atoms with van der Waals surface area (Å²) in [4.78, 5) is 31.2. The Hall–Kier alpha value is -2.78. The predicted octanol–water partition coefficient (Wildman–Crippen LogP) is 3.86. The third-order valence-corrected chi connectivity index (χ3v) is 7.47. The van der Waals surface area contributed by atoms with E-state index in [1.165, 1.54) is 4.88 Å². The molecule has 2 unspecified atom stereocenters. The molecule has 0 aliphatic carbocycles. The summed E-state index contributed by atoms with van der Waals surface area (Å²) in [5, 5.41) is 4.99. The number of hydrogen-bond donors (Lipinski definition) is 1. The number of amides is 3. The van der Waals surface area contributed by atoms with E-state index in [2.05, 4.69) is 16.8 Å². The van der Waals surface area contributed by atoms with Crippen LogP contribution in [0, 0.1) is 0 Å². The summed E-state index contributed by atoms with van der Waals surface area (Å²) in [5.41, 5.74) is 1.12. The Morgan fingerprint density at radius 2 is 2.09 bits per heavy atom. The van der Waals surface area contributed by atoms with Crippen molar-refractivity contribution in [2.45, 2.75) is 44.8 Å². The third-order valence-electron chi connectivity index (χ3n) is 6.47. The molecule has 1 aromatic carbocycles. The SMILES string of the molecule is CCCNC(=O)N(CC(=O)N1CCc2sccc2C1COc1ccccc1OC)CC1CCCO1. The van der Waals surface area contributed by atoms with E-state index in [0.717, 1.165) is 31.2 Å². The van der Waals surface area contributed by atoms with E-state index in [1.54, 1.807) is 23.3 Å². The van der Waals surface area contributed by atoms with E-state index in [0.29, 0.717) is 44.3 Å². The number of carbonyl (C=O) groups is 2. The first-order valence-electron chi connectivity index (χ1n) is 12.4. The number of rotatable bonds is 10. The Morgan fingerprint density at radius 3 is 2.83 bits per heavy atom. The van der Waals surface area contributed by atoms with Crippen LogP contribution in [0.5, 0.6) is 11.5 Å². The first-order chi connectivity index (χ1) is 17.1. The summed E-state index contributed by atoms with van der Waals surface area (Å²) < 4.78 is 17.3. The molecule has 4 rings (SSSR count). The highest BCUT2D eigenvalue weighted by Crippen LogP contribution is 2.35. The van der Waals surface area contributed by atoms with E-state index >= 15 is 0 Å². The summed E-state index contributed by atoms with van der Waals surface area (Å²) in [6.07, 6.45) is 3.51. The molecule has 2 atom stereocenters. The topological polar surface area (TPSA) is 80.3 Å². The normalized spacial score (nSPS) is 19.2. The molecule has 2 aliphatic rings. The highest BCUT2D eigenvalue weighted by Gasteiger charge is 2.34. The van der Waals surface area contributed by atoms with E-state index in [9.17, 15) is 9.59 Å². The number of methoxy groups -OCH3 is 1. The van der Waals surface area contributed by atoms with Gasteiger partial charge in [0.15, 0.2) is 11.5 Å². The minimum atomic E-state index is -0.231. The van der Waals surface area contributed by atoms with Crippen LogP contribution >= 0.6 is 11.3 Å². The van der Waals surface area contributed by atoms with Crippen molar-refractivity contribution >= 4 is 23.3 Å². The van der Waals surface area contributed by atoms with Crippen molar-refractivity contribution in [3.05, 3.63) is 46.2 Å². The van der Waals surface area contributed by atoms with Gasteiger partial charge in [-0.15, -0.1) is 11.3 Å². The standard InChI is InChI=1S/C26H35N3O5S/c1-3-12-27-26(31)28(16-19-7-6-14-33-19)17-25(30)29-13-10-24-20(11-15-35-24)21(29)18-34-23-9-5-4-8-22(23)32-2/h4-5,8-9,11,15,19,21H,3,6-7,10,12-14,16-18H2,1-2H3,(H,27,31). The van der Waals surface area contributed by atoms with Gasteiger partial charge in [-0.25, -0.2) is 4.79 Å². The van der Waals surface area contributed by atoms with Gasteiger partial charge in [-0.2, -0.15) is 0 Å². The van der Waals surface area contributed by atoms with Gasteiger partial charge in [0.25, 0.3) is 0 Å². The molecule has 0 saturated carbocycles. The largest absolute Gasteiger partial charge is 0.493 e. The monoisotopic (exact) mass is 501 g/mol. The molecular formula is C26H35N3O5S. The van der Waals surface area contributed by atoms with Gasteiger partial charge in [-0.05, 0) is 54.8 Å². The van der Waals surface area contributed by atoms with Gasteiger partial charge in [0.2, 0.25) is 5.91 Å². The van der Waals surface area contributed by atoms with Crippen molar-refractivity contribution in [1.82, 2.24) is 15.1 Å². The van der Waals surface area contributed by atoms with Gasteiger partial charge >= 0.3 is 6.03 Å². The molecule has 1 N–H and O–H groups in total. The molecule has 8 nitrogen and oxygen atoms in total. The summed E-state index contributed by atoms with van der Waals surface area (Å²) in [6.45, 7) is 4.63. The maximum atomic E-state index is 13.6. The zero-order valence-corrected chi connectivity index (χ0v) is 21.4. The lowest BCUT2D eigenvalue weighted by molar-refractivity contribution is -0.135. The van der Waals surface area contributed by atoms with Gasteiger partial charge in [0.1, 0.15) is 13.2 Å². The maximum Gasteiger partial charge on any atom is 0.317 e. The van der Waals surface area contributed by atoms with Crippen molar-refractivity contribution in [3.8, 4) is 11.5 Å². The Balaban J connectivity index is 1.49. The van der Waals surface area contributed by atoms with Crippen molar-refractivity contribution < 1.29 is 23.8 Å². The van der Waals surface area contributed by atoms with Crippen molar-refractivity contribution in [2.24, 2.45) is 0 Å². The zero-order chi connectivity index (χ0) is 24.6. The van der Waals surface area contributed by atoms with Gasteiger partial charge in [0, 0.05) is 31.1 Å². The average Bonchev–Trinajstić information content (AvgIpc) is 3.57. The molecule has 190 valence electrons. The maximum absolute atomic E-state index is 13.6. The molecule has 1 fully saturated rings. The first-order valence-corrected chi connectivity index (χ1v) is 13.2. The van der Waals surface area contributed by atoms with Crippen LogP contribution in [0.15, 0.2) is 35.7 Å². The molecule has 1 saturated heterocycles. The number of urea groups is 1. The summed E-state index contributed by atoms with van der Waals surface area (Å²) in [7, 11) is 1.61. The Morgan fingerprint density at radius 1 is 1.26 bits per heavy atom. The number of ether oxygens (including phenoxy) is 3. The highest BCUT2D eigenvalue weighted by molar-refractivity contribution is 7.10. The number of nitrogens with zero attached hydrogens (tertiary/aromatic N) is 2. The van der Waals surface area contributed by atoms with Gasteiger partial charge in [-0.1, -0.05) is 19.1 Å². The Bertz CT molecular complexity index is 991. The molecule has 2 aromatic rings. The van der Waals surface area contributed by atoms with E-state index in [-0.39, 0.29) is 30.6 Å². The minimum absolute atomic E-state index is 0.0139. The Labute approximate surface area is 211 Å². The second kappa shape index (κ2) is 12.3. The van der Waals surface area contributed by atoms with Crippen LogP contribution < -0.4 is 14.8 Å². The lowest BCUT2D eigenvalue weighted by atomic mass is 10.0. The average molecular weight is 502 g/mol. The quantitative estimate of drug-likeness (QED) is 0.535. The first kappa shape index (κ1) is 25.3. The fourth-order valence-corrected chi connectivity index (χ4v) is 5.56. The number of thiophene rings is 1. The second-order valence-corrected chi connectivity index (χ2v) is 9.86. The number of fused-ring (bicyclic) bond motifs is 1. The van der Waals surface area contributed by atoms with E-state index in [1.807, 2.05) is 36.1 Å². The van der Waals surface area contributed by atoms with Crippen LogP contribution in [-0.4, -0.2) is 74.3 Å². The fourth-order valence-electron chi connectivity index (χ4n) is 4.63. The predicted molar refractivity (Wildman–Crippen MR) is 135 cm³/mol. The third kappa shape index (κ3) is 6.27. The van der Waals surface area contributed by atoms with Crippen LogP contribution in [0.4, 0.5) is 4.79 Å². The lowest BCUT2D eigenvalue weighted by Crippen LogP contribution is -2.51. The molecule has 0 bridgehead atoms. The summed E-state index contributed by atoms with van der Waals surface area (Å²) in [5.74, 6) is 1.21. The van der Waals surface area contributed by atoms with Gasteiger partial charge in [0.05, 0.1) is 19.3 Å².